The van der Waals surface area contributed by atoms with E-state index in [9.17, 15) is 4.79 Å². The summed E-state index contributed by atoms with van der Waals surface area (Å²) in [6.07, 6.45) is 3.73. The van der Waals surface area contributed by atoms with Crippen molar-refractivity contribution in [1.29, 1.82) is 0 Å². The normalized spacial score (nSPS) is 15.0. The highest BCUT2D eigenvalue weighted by Gasteiger charge is 2.24. The molecule has 22 heavy (non-hydrogen) atoms. The van der Waals surface area contributed by atoms with Crippen LogP contribution in [0.3, 0.4) is 0 Å². The van der Waals surface area contributed by atoms with E-state index < -0.39 is 0 Å². The minimum Gasteiger partial charge on any atom is -0.497 e. The molecule has 6 heteroatoms. The number of piperazine rings is 1. The molecule has 0 spiro atoms. The SMILES string of the molecule is COc1cccc(C(=O)N2CCN(c3nccn3C)CC2)c1. The van der Waals surface area contributed by atoms with E-state index in [0.29, 0.717) is 24.4 Å². The first-order valence-corrected chi connectivity index (χ1v) is 7.34. The number of imidazole rings is 1. The number of anilines is 1. The van der Waals surface area contributed by atoms with Crippen LogP contribution in [0.25, 0.3) is 0 Å². The highest BCUT2D eigenvalue weighted by molar-refractivity contribution is 5.94. The zero-order chi connectivity index (χ0) is 15.5. The number of nitrogens with zero attached hydrogens (tertiary/aromatic N) is 4. The molecule has 6 nitrogen and oxygen atoms in total. The Hall–Kier alpha value is -2.50. The van der Waals surface area contributed by atoms with Gasteiger partial charge in [-0.1, -0.05) is 6.07 Å². The number of ether oxygens (including phenoxy) is 1. The molecule has 2 aromatic rings. The van der Waals surface area contributed by atoms with Crippen LogP contribution in [0.2, 0.25) is 0 Å². The largest absolute Gasteiger partial charge is 0.497 e. The van der Waals surface area contributed by atoms with Gasteiger partial charge in [0.1, 0.15) is 5.75 Å². The number of carbonyl (C=O) groups is 1. The van der Waals surface area contributed by atoms with Crippen molar-refractivity contribution in [2.24, 2.45) is 7.05 Å². The molecule has 0 unspecified atom stereocenters. The Bertz CT molecular complexity index is 660. The lowest BCUT2D eigenvalue weighted by molar-refractivity contribution is 0.0745. The molecule has 3 rings (SSSR count). The molecule has 1 aliphatic heterocycles. The Morgan fingerprint density at radius 2 is 2.00 bits per heavy atom. The highest BCUT2D eigenvalue weighted by Crippen LogP contribution is 2.17. The molecule has 1 aromatic carbocycles. The lowest BCUT2D eigenvalue weighted by Crippen LogP contribution is -2.49. The summed E-state index contributed by atoms with van der Waals surface area (Å²) >= 11 is 0. The van der Waals surface area contributed by atoms with Crippen molar-refractivity contribution in [3.8, 4) is 5.75 Å². The van der Waals surface area contributed by atoms with Crippen molar-refractivity contribution in [2.45, 2.75) is 0 Å². The number of methoxy groups -OCH3 is 1. The quantitative estimate of drug-likeness (QED) is 0.859. The molecule has 1 aliphatic rings. The number of rotatable bonds is 3. The molecule has 1 amide bonds. The van der Waals surface area contributed by atoms with Crippen LogP contribution in [-0.4, -0.2) is 53.6 Å². The second kappa shape index (κ2) is 6.09. The Morgan fingerprint density at radius 1 is 1.23 bits per heavy atom. The smallest absolute Gasteiger partial charge is 0.254 e. The first-order chi connectivity index (χ1) is 10.7. The molecule has 2 heterocycles. The summed E-state index contributed by atoms with van der Waals surface area (Å²) in [6, 6.07) is 7.30. The zero-order valence-corrected chi connectivity index (χ0v) is 12.9. The van der Waals surface area contributed by atoms with E-state index in [4.69, 9.17) is 4.74 Å². The van der Waals surface area contributed by atoms with Gasteiger partial charge in [0.15, 0.2) is 0 Å². The van der Waals surface area contributed by atoms with Gasteiger partial charge in [0.05, 0.1) is 7.11 Å². The van der Waals surface area contributed by atoms with Crippen LogP contribution in [0.4, 0.5) is 5.95 Å². The fraction of sp³-hybridized carbons (Fsp3) is 0.375. The predicted molar refractivity (Wildman–Crippen MR) is 84.3 cm³/mol. The van der Waals surface area contributed by atoms with Crippen molar-refractivity contribution < 1.29 is 9.53 Å². The first kappa shape index (κ1) is 14.4. The maximum atomic E-state index is 12.6. The van der Waals surface area contributed by atoms with E-state index in [1.165, 1.54) is 0 Å². The molecule has 1 fully saturated rings. The second-order valence-corrected chi connectivity index (χ2v) is 5.35. The van der Waals surface area contributed by atoms with Crippen LogP contribution < -0.4 is 9.64 Å². The molecular formula is C16H20N4O2. The lowest BCUT2D eigenvalue weighted by atomic mass is 10.1. The fourth-order valence-electron chi connectivity index (χ4n) is 2.71. The molecule has 0 aliphatic carbocycles. The van der Waals surface area contributed by atoms with Crippen LogP contribution >= 0.6 is 0 Å². The van der Waals surface area contributed by atoms with Gasteiger partial charge in [0.25, 0.3) is 5.91 Å². The standard InChI is InChI=1S/C16H20N4O2/c1-18-7-6-17-16(18)20-10-8-19(9-11-20)15(21)13-4-3-5-14(12-13)22-2/h3-7,12H,8-11H2,1-2H3. The molecule has 0 radical (unpaired) electrons. The van der Waals surface area contributed by atoms with E-state index in [1.807, 2.05) is 40.9 Å². The van der Waals surface area contributed by atoms with Crippen LogP contribution in [0.1, 0.15) is 10.4 Å². The number of hydrogen-bond acceptors (Lipinski definition) is 4. The summed E-state index contributed by atoms with van der Waals surface area (Å²) in [7, 11) is 3.59. The number of carbonyl (C=O) groups excluding carboxylic acids is 1. The van der Waals surface area contributed by atoms with E-state index in [0.717, 1.165) is 19.0 Å². The van der Waals surface area contributed by atoms with Gasteiger partial charge in [-0.15, -0.1) is 0 Å². The topological polar surface area (TPSA) is 50.6 Å². The zero-order valence-electron chi connectivity index (χ0n) is 12.9. The highest BCUT2D eigenvalue weighted by atomic mass is 16.5. The molecule has 0 saturated carbocycles. The number of amides is 1. The van der Waals surface area contributed by atoms with Crippen molar-refractivity contribution >= 4 is 11.9 Å². The van der Waals surface area contributed by atoms with Crippen molar-refractivity contribution in [3.05, 3.63) is 42.2 Å². The molecular weight excluding hydrogens is 280 g/mol. The third-order valence-corrected chi connectivity index (χ3v) is 3.96. The maximum Gasteiger partial charge on any atom is 0.254 e. The minimum atomic E-state index is 0.0541. The number of aryl methyl sites for hydroxylation is 1. The first-order valence-electron chi connectivity index (χ1n) is 7.34. The molecule has 1 saturated heterocycles. The third kappa shape index (κ3) is 2.77. The van der Waals surface area contributed by atoms with Gasteiger partial charge in [0, 0.05) is 51.2 Å². The van der Waals surface area contributed by atoms with Crippen molar-refractivity contribution in [1.82, 2.24) is 14.5 Å². The van der Waals surface area contributed by atoms with Gasteiger partial charge < -0.3 is 19.1 Å². The third-order valence-electron chi connectivity index (χ3n) is 3.96. The minimum absolute atomic E-state index is 0.0541. The van der Waals surface area contributed by atoms with Gasteiger partial charge in [-0.3, -0.25) is 4.79 Å². The van der Waals surface area contributed by atoms with Gasteiger partial charge in [-0.05, 0) is 18.2 Å². The van der Waals surface area contributed by atoms with Gasteiger partial charge in [-0.25, -0.2) is 4.98 Å². The number of aromatic nitrogens is 2. The summed E-state index contributed by atoms with van der Waals surface area (Å²) < 4.78 is 7.18. The Labute approximate surface area is 129 Å². The molecule has 0 bridgehead atoms. The van der Waals surface area contributed by atoms with E-state index in [1.54, 1.807) is 19.4 Å². The Balaban J connectivity index is 1.65. The fourth-order valence-corrected chi connectivity index (χ4v) is 2.71. The monoisotopic (exact) mass is 300 g/mol. The van der Waals surface area contributed by atoms with E-state index >= 15 is 0 Å². The van der Waals surface area contributed by atoms with Crippen LogP contribution in [0, 0.1) is 0 Å². The molecule has 116 valence electrons. The van der Waals surface area contributed by atoms with Crippen molar-refractivity contribution in [2.75, 3.05) is 38.2 Å². The van der Waals surface area contributed by atoms with Crippen LogP contribution in [-0.2, 0) is 7.05 Å². The predicted octanol–water partition coefficient (Wildman–Crippen LogP) is 1.39. The number of hydrogen-bond donors (Lipinski definition) is 0. The van der Waals surface area contributed by atoms with Crippen molar-refractivity contribution in [3.63, 3.8) is 0 Å². The Morgan fingerprint density at radius 3 is 2.64 bits per heavy atom. The van der Waals surface area contributed by atoms with Crippen LogP contribution in [0.15, 0.2) is 36.7 Å². The van der Waals surface area contributed by atoms with E-state index in [-0.39, 0.29) is 5.91 Å². The summed E-state index contributed by atoms with van der Waals surface area (Å²) in [5.41, 5.74) is 0.671. The van der Waals surface area contributed by atoms with Gasteiger partial charge in [0.2, 0.25) is 5.95 Å². The average molecular weight is 300 g/mol. The molecule has 0 atom stereocenters. The molecule has 0 N–H and O–H groups in total. The summed E-state index contributed by atoms with van der Waals surface area (Å²) in [5.74, 6) is 1.71. The second-order valence-electron chi connectivity index (χ2n) is 5.35. The summed E-state index contributed by atoms with van der Waals surface area (Å²) in [4.78, 5) is 21.0. The van der Waals surface area contributed by atoms with E-state index in [2.05, 4.69) is 9.88 Å². The molecule has 1 aromatic heterocycles. The summed E-state index contributed by atoms with van der Waals surface area (Å²) in [6.45, 7) is 2.98. The maximum absolute atomic E-state index is 12.6. The number of benzene rings is 1. The van der Waals surface area contributed by atoms with Gasteiger partial charge in [-0.2, -0.15) is 0 Å². The summed E-state index contributed by atoms with van der Waals surface area (Å²) in [5, 5.41) is 0. The average Bonchev–Trinajstić information content (AvgIpc) is 3.00. The van der Waals surface area contributed by atoms with Gasteiger partial charge >= 0.3 is 0 Å². The van der Waals surface area contributed by atoms with Crippen LogP contribution in [0.5, 0.6) is 5.75 Å². The lowest BCUT2D eigenvalue weighted by Gasteiger charge is -2.35. The Kier molecular flexibility index (Phi) is 4.00.